The monoisotopic (exact) mass is 281 g/mol. The maximum absolute atomic E-state index is 6.11. The van der Waals surface area contributed by atoms with Gasteiger partial charge in [-0.3, -0.25) is 5.10 Å². The van der Waals surface area contributed by atoms with Crippen LogP contribution in [0.5, 0.6) is 0 Å². The molecule has 2 rings (SSSR count). The lowest BCUT2D eigenvalue weighted by Crippen LogP contribution is -2.13. The third-order valence-electron chi connectivity index (χ3n) is 3.10. The van der Waals surface area contributed by atoms with Gasteiger partial charge in [0.15, 0.2) is 5.15 Å². The largest absolute Gasteiger partial charge is 0.344 e. The predicted octanol–water partition coefficient (Wildman–Crippen LogP) is 2.73. The molecule has 0 aliphatic carbocycles. The van der Waals surface area contributed by atoms with E-state index in [1.807, 2.05) is 13.1 Å². The van der Waals surface area contributed by atoms with Crippen LogP contribution in [-0.4, -0.2) is 20.2 Å². The first-order valence-electron chi connectivity index (χ1n) is 6.63. The van der Waals surface area contributed by atoms with Crippen LogP contribution in [0.25, 0.3) is 0 Å². The predicted molar refractivity (Wildman–Crippen MR) is 76.1 cm³/mol. The molecule has 19 heavy (non-hydrogen) atoms. The summed E-state index contributed by atoms with van der Waals surface area (Å²) in [6.07, 6.45) is 5.08. The average molecular weight is 282 g/mol. The summed E-state index contributed by atoms with van der Waals surface area (Å²) in [5.74, 6) is 0.975. The Labute approximate surface area is 118 Å². The summed E-state index contributed by atoms with van der Waals surface area (Å²) >= 11 is 6.11. The number of unbranched alkanes of at least 4 members (excludes halogenated alkanes) is 1. The Morgan fingerprint density at radius 3 is 2.89 bits per heavy atom. The molecule has 0 atom stereocenters. The molecule has 5 nitrogen and oxygen atoms in total. The van der Waals surface area contributed by atoms with Gasteiger partial charge < -0.3 is 10.3 Å². The second-order valence-electron chi connectivity index (χ2n) is 4.68. The van der Waals surface area contributed by atoms with E-state index in [0.717, 1.165) is 43.0 Å². The molecule has 0 aliphatic heterocycles. The number of nitrogens with one attached hydrogen (secondary N) is 3. The summed E-state index contributed by atoms with van der Waals surface area (Å²) in [5.41, 5.74) is 3.21. The number of nitrogens with zero attached hydrogens (tertiary/aromatic N) is 2. The van der Waals surface area contributed by atoms with Crippen LogP contribution in [0.4, 0.5) is 0 Å². The van der Waals surface area contributed by atoms with Gasteiger partial charge in [-0.05, 0) is 13.3 Å². The van der Waals surface area contributed by atoms with Crippen LogP contribution in [0.2, 0.25) is 5.15 Å². The van der Waals surface area contributed by atoms with Crippen LogP contribution in [0.3, 0.4) is 0 Å². The molecule has 2 aromatic rings. The first kappa shape index (κ1) is 14.1. The topological polar surface area (TPSA) is 69.4 Å². The van der Waals surface area contributed by atoms with Crippen molar-refractivity contribution < 1.29 is 0 Å². The number of imidazole rings is 1. The number of rotatable bonds is 7. The lowest BCUT2D eigenvalue weighted by atomic mass is 10.2. The van der Waals surface area contributed by atoms with Crippen LogP contribution in [0.15, 0.2) is 6.20 Å². The molecule has 0 aliphatic rings. The van der Waals surface area contributed by atoms with E-state index in [1.165, 1.54) is 5.56 Å². The molecular formula is C13H20ClN5. The van der Waals surface area contributed by atoms with Gasteiger partial charge in [-0.25, -0.2) is 4.98 Å². The van der Waals surface area contributed by atoms with Crippen molar-refractivity contribution in [1.82, 2.24) is 25.5 Å². The number of halogens is 1. The summed E-state index contributed by atoms with van der Waals surface area (Å²) in [5, 5.41) is 10.8. The minimum absolute atomic E-state index is 0.572. The number of aromatic nitrogens is 4. The first-order chi connectivity index (χ1) is 9.20. The van der Waals surface area contributed by atoms with Crippen LogP contribution in [-0.2, 0) is 19.5 Å². The summed E-state index contributed by atoms with van der Waals surface area (Å²) in [6, 6.07) is 0. The summed E-state index contributed by atoms with van der Waals surface area (Å²) in [4.78, 5) is 7.61. The summed E-state index contributed by atoms with van der Waals surface area (Å²) in [7, 11) is 0. The lowest BCUT2D eigenvalue weighted by molar-refractivity contribution is 0.676. The zero-order chi connectivity index (χ0) is 13.7. The fourth-order valence-corrected chi connectivity index (χ4v) is 2.11. The van der Waals surface area contributed by atoms with E-state index >= 15 is 0 Å². The number of hydrogen-bond donors (Lipinski definition) is 3. The maximum atomic E-state index is 6.11. The molecule has 0 spiro atoms. The standard InChI is InChI=1S/C13H20ClN5/c1-3-4-5-12-17-11(13(14)18-12)8-15-6-10-7-16-19-9(10)2/h7,15H,3-6,8H2,1-2H3,(H,16,19)(H,17,18). The van der Waals surface area contributed by atoms with E-state index in [-0.39, 0.29) is 0 Å². The number of hydrogen-bond acceptors (Lipinski definition) is 3. The van der Waals surface area contributed by atoms with Gasteiger partial charge in [0.25, 0.3) is 0 Å². The van der Waals surface area contributed by atoms with Crippen molar-refractivity contribution in [1.29, 1.82) is 0 Å². The SMILES string of the molecule is CCCCc1nc(Cl)c(CNCc2cn[nH]c2C)[nH]1. The van der Waals surface area contributed by atoms with E-state index in [2.05, 4.69) is 32.4 Å². The molecule has 104 valence electrons. The van der Waals surface area contributed by atoms with Gasteiger partial charge >= 0.3 is 0 Å². The van der Waals surface area contributed by atoms with Gasteiger partial charge in [0.1, 0.15) is 5.82 Å². The number of aromatic amines is 2. The molecule has 0 radical (unpaired) electrons. The highest BCUT2D eigenvalue weighted by Gasteiger charge is 2.08. The van der Waals surface area contributed by atoms with Crippen molar-refractivity contribution in [2.24, 2.45) is 0 Å². The lowest BCUT2D eigenvalue weighted by Gasteiger charge is -2.02. The fraction of sp³-hybridized carbons (Fsp3) is 0.538. The van der Waals surface area contributed by atoms with Crippen molar-refractivity contribution in [2.45, 2.75) is 46.2 Å². The molecule has 0 bridgehead atoms. The molecule has 6 heteroatoms. The first-order valence-corrected chi connectivity index (χ1v) is 7.01. The Kier molecular flexibility index (Phi) is 4.99. The normalized spacial score (nSPS) is 11.1. The maximum Gasteiger partial charge on any atom is 0.151 e. The third kappa shape index (κ3) is 3.81. The van der Waals surface area contributed by atoms with Crippen molar-refractivity contribution in [3.8, 4) is 0 Å². The molecule has 0 aromatic carbocycles. The average Bonchev–Trinajstić information content (AvgIpc) is 2.95. The minimum atomic E-state index is 0.572. The molecule has 2 aromatic heterocycles. The van der Waals surface area contributed by atoms with Crippen LogP contribution in [0.1, 0.15) is 42.5 Å². The zero-order valence-electron chi connectivity index (χ0n) is 11.4. The second kappa shape index (κ2) is 6.73. The molecule has 3 N–H and O–H groups in total. The van der Waals surface area contributed by atoms with Gasteiger partial charge in [0, 0.05) is 30.8 Å². The van der Waals surface area contributed by atoms with E-state index in [9.17, 15) is 0 Å². The number of H-pyrrole nitrogens is 2. The smallest absolute Gasteiger partial charge is 0.151 e. The van der Waals surface area contributed by atoms with Gasteiger partial charge in [0.05, 0.1) is 11.9 Å². The highest BCUT2D eigenvalue weighted by molar-refractivity contribution is 6.30. The Bertz CT molecular complexity index is 517. The highest BCUT2D eigenvalue weighted by Crippen LogP contribution is 2.14. The van der Waals surface area contributed by atoms with Crippen LogP contribution in [0, 0.1) is 6.92 Å². The van der Waals surface area contributed by atoms with E-state index in [1.54, 1.807) is 0 Å². The molecule has 0 saturated carbocycles. The van der Waals surface area contributed by atoms with Crippen LogP contribution < -0.4 is 5.32 Å². The molecule has 0 unspecified atom stereocenters. The van der Waals surface area contributed by atoms with Gasteiger partial charge in [-0.1, -0.05) is 24.9 Å². The Hall–Kier alpha value is -1.33. The summed E-state index contributed by atoms with van der Waals surface area (Å²) < 4.78 is 0. The van der Waals surface area contributed by atoms with E-state index in [0.29, 0.717) is 11.7 Å². The highest BCUT2D eigenvalue weighted by atomic mass is 35.5. The molecule has 2 heterocycles. The zero-order valence-corrected chi connectivity index (χ0v) is 12.1. The van der Waals surface area contributed by atoms with Gasteiger partial charge in [0.2, 0.25) is 0 Å². The van der Waals surface area contributed by atoms with Crippen LogP contribution >= 0.6 is 11.6 Å². The van der Waals surface area contributed by atoms with Crippen molar-refractivity contribution in [2.75, 3.05) is 0 Å². The van der Waals surface area contributed by atoms with E-state index in [4.69, 9.17) is 11.6 Å². The van der Waals surface area contributed by atoms with Crippen molar-refractivity contribution >= 4 is 11.6 Å². The fourth-order valence-electron chi connectivity index (χ4n) is 1.90. The molecule has 0 amide bonds. The number of aryl methyl sites for hydroxylation is 2. The van der Waals surface area contributed by atoms with E-state index < -0.39 is 0 Å². The Morgan fingerprint density at radius 2 is 2.21 bits per heavy atom. The summed E-state index contributed by atoms with van der Waals surface area (Å²) in [6.45, 7) is 5.63. The second-order valence-corrected chi connectivity index (χ2v) is 5.04. The van der Waals surface area contributed by atoms with Gasteiger partial charge in [-0.15, -0.1) is 0 Å². The molecule has 0 fully saturated rings. The molecule has 0 saturated heterocycles. The van der Waals surface area contributed by atoms with Crippen molar-refractivity contribution in [3.63, 3.8) is 0 Å². The molecular weight excluding hydrogens is 262 g/mol. The van der Waals surface area contributed by atoms with Gasteiger partial charge in [-0.2, -0.15) is 5.10 Å². The minimum Gasteiger partial charge on any atom is -0.344 e. The Morgan fingerprint density at radius 1 is 1.37 bits per heavy atom. The quantitative estimate of drug-likeness (QED) is 0.731. The third-order valence-corrected chi connectivity index (χ3v) is 3.41. The Balaban J connectivity index is 1.85. The van der Waals surface area contributed by atoms with Crippen molar-refractivity contribution in [3.05, 3.63) is 34.1 Å².